The van der Waals surface area contributed by atoms with E-state index in [0.29, 0.717) is 17.7 Å². The first-order chi connectivity index (χ1) is 16.5. The first kappa shape index (κ1) is 25.8. The van der Waals surface area contributed by atoms with Gasteiger partial charge in [0.05, 0.1) is 12.0 Å². The van der Waals surface area contributed by atoms with Gasteiger partial charge in [-0.2, -0.15) is 13.2 Å². The van der Waals surface area contributed by atoms with Crippen molar-refractivity contribution in [2.24, 2.45) is 17.3 Å². The van der Waals surface area contributed by atoms with Crippen LogP contribution in [0.2, 0.25) is 0 Å². The van der Waals surface area contributed by atoms with Crippen molar-refractivity contribution in [2.75, 3.05) is 6.54 Å². The molecular weight excluding hydrogens is 455 g/mol. The molecule has 0 aromatic heterocycles. The minimum absolute atomic E-state index is 0.0655. The van der Waals surface area contributed by atoms with Gasteiger partial charge < -0.3 is 15.2 Å². The Balaban J connectivity index is 1.41. The van der Waals surface area contributed by atoms with Crippen LogP contribution in [0.15, 0.2) is 30.3 Å². The third-order valence-corrected chi connectivity index (χ3v) is 8.18. The lowest BCUT2D eigenvalue weighted by Gasteiger charge is -2.50. The van der Waals surface area contributed by atoms with E-state index in [4.69, 9.17) is 4.74 Å². The Hall–Kier alpha value is -2.28. The SMILES string of the molecule is CC1CCC(Oc2ccc3cc(CCCNC4CC(C(=O)O)C4(C)C)ccc3c2C(F)(F)F)CC1. The molecule has 2 aromatic rings. The van der Waals surface area contributed by atoms with E-state index >= 15 is 0 Å². The fourth-order valence-corrected chi connectivity index (χ4v) is 5.69. The molecule has 2 saturated carbocycles. The maximum atomic E-state index is 14.1. The average molecular weight is 492 g/mol. The predicted octanol–water partition coefficient (Wildman–Crippen LogP) is 6.84. The molecule has 0 amide bonds. The summed E-state index contributed by atoms with van der Waals surface area (Å²) in [7, 11) is 0. The molecule has 2 aromatic carbocycles. The van der Waals surface area contributed by atoms with Crippen LogP contribution >= 0.6 is 0 Å². The number of aryl methyl sites for hydroxylation is 1. The number of hydrogen-bond acceptors (Lipinski definition) is 3. The van der Waals surface area contributed by atoms with Crippen molar-refractivity contribution in [1.29, 1.82) is 0 Å². The van der Waals surface area contributed by atoms with E-state index in [2.05, 4.69) is 12.2 Å². The van der Waals surface area contributed by atoms with Gasteiger partial charge >= 0.3 is 12.1 Å². The lowest BCUT2D eigenvalue weighted by molar-refractivity contribution is -0.155. The third kappa shape index (κ3) is 5.60. The highest BCUT2D eigenvalue weighted by molar-refractivity contribution is 5.89. The van der Waals surface area contributed by atoms with Crippen molar-refractivity contribution >= 4 is 16.7 Å². The Morgan fingerprint density at radius 1 is 1.14 bits per heavy atom. The number of aliphatic carboxylic acids is 1. The Morgan fingerprint density at radius 3 is 2.49 bits per heavy atom. The number of alkyl halides is 3. The molecule has 0 bridgehead atoms. The van der Waals surface area contributed by atoms with Crippen molar-refractivity contribution < 1.29 is 27.8 Å². The van der Waals surface area contributed by atoms with E-state index < -0.39 is 17.7 Å². The van der Waals surface area contributed by atoms with Crippen LogP contribution in [-0.4, -0.2) is 29.8 Å². The Labute approximate surface area is 205 Å². The molecule has 2 aliphatic rings. The zero-order chi connectivity index (χ0) is 25.4. The Morgan fingerprint density at radius 2 is 1.86 bits per heavy atom. The maximum Gasteiger partial charge on any atom is 0.420 e. The summed E-state index contributed by atoms with van der Waals surface area (Å²) in [4.78, 5) is 11.3. The standard InChI is InChI=1S/C28H36F3NO3/c1-17-6-10-20(11-7-17)35-23-13-9-19-15-18(8-12-21(19)25(23)28(29,30)31)5-4-14-32-24-16-22(26(33)34)27(24,2)3/h8-9,12-13,15,17,20,22,24,32H,4-7,10-11,14,16H2,1-3H3,(H,33,34). The lowest BCUT2D eigenvalue weighted by Crippen LogP contribution is -2.59. The first-order valence-corrected chi connectivity index (χ1v) is 12.7. The zero-order valence-corrected chi connectivity index (χ0v) is 20.8. The molecule has 2 unspecified atom stereocenters. The Kier molecular flexibility index (Phi) is 7.37. The molecule has 0 spiro atoms. The van der Waals surface area contributed by atoms with E-state index in [1.165, 1.54) is 6.07 Å². The molecule has 0 radical (unpaired) electrons. The van der Waals surface area contributed by atoms with Crippen LogP contribution in [0.4, 0.5) is 13.2 Å². The number of nitrogens with one attached hydrogen (secondary N) is 1. The second-order valence-electron chi connectivity index (χ2n) is 11.0. The molecule has 4 nitrogen and oxygen atoms in total. The van der Waals surface area contributed by atoms with Gasteiger partial charge in [-0.3, -0.25) is 4.79 Å². The van der Waals surface area contributed by atoms with E-state index in [0.717, 1.165) is 50.6 Å². The van der Waals surface area contributed by atoms with Crippen molar-refractivity contribution in [3.8, 4) is 5.75 Å². The molecule has 192 valence electrons. The number of rotatable bonds is 8. The Bertz CT molecular complexity index is 1060. The number of carboxylic acid groups (broad SMARTS) is 1. The van der Waals surface area contributed by atoms with Gasteiger partial charge in [-0.25, -0.2) is 0 Å². The van der Waals surface area contributed by atoms with Crippen LogP contribution in [0.5, 0.6) is 5.75 Å². The quantitative estimate of drug-likeness (QED) is 0.397. The molecule has 7 heteroatoms. The normalized spacial score (nSPS) is 26.3. The molecule has 2 aliphatic carbocycles. The van der Waals surface area contributed by atoms with Crippen molar-refractivity contribution in [3.63, 3.8) is 0 Å². The number of hydrogen-bond donors (Lipinski definition) is 2. The van der Waals surface area contributed by atoms with Gasteiger partial charge in [0.2, 0.25) is 0 Å². The highest BCUT2D eigenvalue weighted by Crippen LogP contribution is 2.46. The van der Waals surface area contributed by atoms with Crippen LogP contribution in [0.3, 0.4) is 0 Å². The zero-order valence-electron chi connectivity index (χ0n) is 20.8. The van der Waals surface area contributed by atoms with E-state index in [9.17, 15) is 23.1 Å². The van der Waals surface area contributed by atoms with E-state index in [1.807, 2.05) is 19.9 Å². The maximum absolute atomic E-state index is 14.1. The minimum Gasteiger partial charge on any atom is -0.490 e. The molecule has 4 rings (SSSR count). The second kappa shape index (κ2) is 10.00. The van der Waals surface area contributed by atoms with Crippen LogP contribution in [-0.2, 0) is 17.4 Å². The molecular formula is C28H36F3NO3. The summed E-state index contributed by atoms with van der Waals surface area (Å²) in [5.74, 6) is -0.531. The van der Waals surface area contributed by atoms with Crippen LogP contribution in [0.25, 0.3) is 10.8 Å². The predicted molar refractivity (Wildman–Crippen MR) is 131 cm³/mol. The molecule has 0 heterocycles. The van der Waals surface area contributed by atoms with Crippen LogP contribution in [0, 0.1) is 17.3 Å². The van der Waals surface area contributed by atoms with Crippen LogP contribution in [0.1, 0.15) is 70.4 Å². The molecule has 2 N–H and O–H groups in total. The monoisotopic (exact) mass is 491 g/mol. The molecule has 35 heavy (non-hydrogen) atoms. The number of fused-ring (bicyclic) bond motifs is 1. The highest BCUT2D eigenvalue weighted by atomic mass is 19.4. The summed E-state index contributed by atoms with van der Waals surface area (Å²) in [6, 6.07) is 8.56. The first-order valence-electron chi connectivity index (χ1n) is 12.7. The smallest absolute Gasteiger partial charge is 0.420 e. The topological polar surface area (TPSA) is 58.6 Å². The lowest BCUT2D eigenvalue weighted by atomic mass is 9.58. The summed E-state index contributed by atoms with van der Waals surface area (Å²) in [5, 5.41) is 13.5. The summed E-state index contributed by atoms with van der Waals surface area (Å²) < 4.78 is 48.1. The summed E-state index contributed by atoms with van der Waals surface area (Å²) >= 11 is 0. The van der Waals surface area contributed by atoms with Crippen molar-refractivity contribution in [2.45, 2.75) is 84.0 Å². The van der Waals surface area contributed by atoms with Gasteiger partial charge in [0, 0.05) is 6.04 Å². The van der Waals surface area contributed by atoms with Gasteiger partial charge in [-0.15, -0.1) is 0 Å². The summed E-state index contributed by atoms with van der Waals surface area (Å²) in [6.45, 7) is 6.85. The highest BCUT2D eigenvalue weighted by Gasteiger charge is 2.51. The van der Waals surface area contributed by atoms with Crippen LogP contribution < -0.4 is 10.1 Å². The number of carboxylic acids is 1. The molecule has 2 atom stereocenters. The fourth-order valence-electron chi connectivity index (χ4n) is 5.69. The van der Waals surface area contributed by atoms with E-state index in [-0.39, 0.29) is 34.6 Å². The van der Waals surface area contributed by atoms with Crippen molar-refractivity contribution in [3.05, 3.63) is 41.5 Å². The van der Waals surface area contributed by atoms with E-state index in [1.54, 1.807) is 18.2 Å². The van der Waals surface area contributed by atoms with Gasteiger partial charge in [-0.1, -0.05) is 45.0 Å². The van der Waals surface area contributed by atoms with Gasteiger partial charge in [0.15, 0.2) is 0 Å². The second-order valence-corrected chi connectivity index (χ2v) is 11.0. The number of halogens is 3. The van der Waals surface area contributed by atoms with Gasteiger partial charge in [-0.05, 0) is 85.2 Å². The van der Waals surface area contributed by atoms with Gasteiger partial charge in [0.1, 0.15) is 11.3 Å². The fraction of sp³-hybridized carbons (Fsp3) is 0.607. The number of carbonyl (C=O) groups is 1. The largest absolute Gasteiger partial charge is 0.490 e. The number of ether oxygens (including phenoxy) is 1. The average Bonchev–Trinajstić information content (AvgIpc) is 2.78. The molecule has 2 fully saturated rings. The third-order valence-electron chi connectivity index (χ3n) is 8.18. The van der Waals surface area contributed by atoms with Gasteiger partial charge in [0.25, 0.3) is 0 Å². The van der Waals surface area contributed by atoms with Crippen molar-refractivity contribution in [1.82, 2.24) is 5.32 Å². The minimum atomic E-state index is -4.49. The summed E-state index contributed by atoms with van der Waals surface area (Å²) in [6.07, 6.45) is 1.07. The number of benzene rings is 2. The molecule has 0 saturated heterocycles. The summed E-state index contributed by atoms with van der Waals surface area (Å²) in [5.41, 5.74) is 0.0269. The molecule has 0 aliphatic heterocycles.